The van der Waals surface area contributed by atoms with Gasteiger partial charge in [-0.1, -0.05) is 29.8 Å². The fourth-order valence-corrected chi connectivity index (χ4v) is 1.91. The van der Waals surface area contributed by atoms with Crippen molar-refractivity contribution >= 4 is 21.8 Å². The molecule has 86 valence electrons. The highest BCUT2D eigenvalue weighted by molar-refractivity contribution is 9.10. The van der Waals surface area contributed by atoms with Crippen LogP contribution in [0, 0.1) is 5.92 Å². The summed E-state index contributed by atoms with van der Waals surface area (Å²) in [5, 5.41) is 9.79. The molecule has 1 N–H and O–H groups in total. The van der Waals surface area contributed by atoms with Crippen LogP contribution in [0.1, 0.15) is 19.4 Å². The third-order valence-corrected chi connectivity index (χ3v) is 3.13. The Balaban J connectivity index is 2.29. The lowest BCUT2D eigenvalue weighted by Gasteiger charge is -2.06. The lowest BCUT2D eigenvalue weighted by Crippen LogP contribution is -2.13. The zero-order valence-corrected chi connectivity index (χ0v) is 10.9. The zero-order chi connectivity index (χ0) is 11.7. The van der Waals surface area contributed by atoms with Crippen molar-refractivity contribution < 1.29 is 9.84 Å². The van der Waals surface area contributed by atoms with E-state index in [4.69, 9.17) is 4.74 Å². The molecule has 0 aromatic heterocycles. The van der Waals surface area contributed by atoms with Crippen molar-refractivity contribution in [3.05, 3.63) is 28.2 Å². The van der Waals surface area contributed by atoms with E-state index in [2.05, 4.69) is 34.8 Å². The van der Waals surface area contributed by atoms with Crippen LogP contribution in [0.15, 0.2) is 27.7 Å². The van der Waals surface area contributed by atoms with Gasteiger partial charge in [0.15, 0.2) is 0 Å². The Morgan fingerprint density at radius 1 is 1.50 bits per heavy atom. The number of hydrogen-bond acceptors (Lipinski definition) is 3. The van der Waals surface area contributed by atoms with Gasteiger partial charge in [0.1, 0.15) is 12.4 Å². The summed E-state index contributed by atoms with van der Waals surface area (Å²) in [7, 11) is 0. The molecule has 1 aromatic rings. The summed E-state index contributed by atoms with van der Waals surface area (Å²) in [6.07, 6.45) is 0. The molecule has 1 atom stereocenters. The first-order chi connectivity index (χ1) is 7.58. The van der Waals surface area contributed by atoms with Crippen LogP contribution < -0.4 is 0 Å². The van der Waals surface area contributed by atoms with Crippen LogP contribution in [0.2, 0.25) is 0 Å². The molecule has 4 heteroatoms. The van der Waals surface area contributed by atoms with E-state index in [1.165, 1.54) is 0 Å². The number of halogens is 1. The van der Waals surface area contributed by atoms with Crippen molar-refractivity contribution in [3.8, 4) is 5.75 Å². The maximum atomic E-state index is 9.79. The van der Waals surface area contributed by atoms with E-state index in [0.717, 1.165) is 4.47 Å². The highest BCUT2D eigenvalue weighted by Gasteiger charge is 2.24. The second kappa shape index (κ2) is 4.45. The molecular formula is C12H14BrNO2. The van der Waals surface area contributed by atoms with E-state index in [1.54, 1.807) is 12.1 Å². The van der Waals surface area contributed by atoms with Gasteiger partial charge in [0, 0.05) is 4.47 Å². The highest BCUT2D eigenvalue weighted by atomic mass is 79.9. The fourth-order valence-electron chi connectivity index (χ4n) is 1.56. The predicted molar refractivity (Wildman–Crippen MR) is 66.9 cm³/mol. The van der Waals surface area contributed by atoms with E-state index < -0.39 is 0 Å². The molecule has 16 heavy (non-hydrogen) atoms. The Kier molecular flexibility index (Phi) is 3.19. The molecule has 0 aliphatic carbocycles. The van der Waals surface area contributed by atoms with Gasteiger partial charge < -0.3 is 9.84 Å². The Morgan fingerprint density at radius 2 is 2.25 bits per heavy atom. The summed E-state index contributed by atoms with van der Waals surface area (Å²) in [6, 6.07) is 5.51. The van der Waals surface area contributed by atoms with E-state index in [-0.39, 0.29) is 11.8 Å². The standard InChI is InChI=1S/C12H14BrNO2/c1-7(2)10-6-16-12(14-10)9-4-3-8(13)5-11(9)15/h3-5,7,10,15H,6H2,1-2H3/t10-/m0/s1. The number of rotatable bonds is 2. The molecule has 0 unspecified atom stereocenters. The third kappa shape index (κ3) is 2.21. The molecule has 0 spiro atoms. The number of phenols is 1. The minimum absolute atomic E-state index is 0.192. The molecule has 2 rings (SSSR count). The van der Waals surface area contributed by atoms with Crippen LogP contribution in [0.4, 0.5) is 0 Å². The van der Waals surface area contributed by atoms with Crippen molar-refractivity contribution in [3.63, 3.8) is 0 Å². The lowest BCUT2D eigenvalue weighted by atomic mass is 10.1. The van der Waals surface area contributed by atoms with Crippen LogP contribution in [-0.2, 0) is 4.74 Å². The summed E-state index contributed by atoms with van der Waals surface area (Å²) in [5.41, 5.74) is 0.659. The monoisotopic (exact) mass is 283 g/mol. The SMILES string of the molecule is CC(C)[C@@H]1COC(c2ccc(Br)cc2O)=N1. The maximum Gasteiger partial charge on any atom is 0.220 e. The lowest BCUT2D eigenvalue weighted by molar-refractivity contribution is 0.291. The quantitative estimate of drug-likeness (QED) is 0.907. The van der Waals surface area contributed by atoms with Crippen molar-refractivity contribution in [2.75, 3.05) is 6.61 Å². The normalized spacial score (nSPS) is 19.8. The molecule has 0 fully saturated rings. The summed E-state index contributed by atoms with van der Waals surface area (Å²) >= 11 is 3.30. The van der Waals surface area contributed by atoms with Crippen LogP contribution in [0.5, 0.6) is 5.75 Å². The van der Waals surface area contributed by atoms with Gasteiger partial charge in [-0.15, -0.1) is 0 Å². The molecule has 3 nitrogen and oxygen atoms in total. The molecular weight excluding hydrogens is 270 g/mol. The van der Waals surface area contributed by atoms with Gasteiger partial charge >= 0.3 is 0 Å². The number of ether oxygens (including phenoxy) is 1. The third-order valence-electron chi connectivity index (χ3n) is 2.63. The Bertz CT molecular complexity index is 429. The molecule has 1 heterocycles. The molecule has 0 amide bonds. The average Bonchev–Trinajstić information content (AvgIpc) is 2.66. The number of hydrogen-bond donors (Lipinski definition) is 1. The van der Waals surface area contributed by atoms with Gasteiger partial charge in [-0.25, -0.2) is 4.99 Å². The predicted octanol–water partition coefficient (Wildman–Crippen LogP) is 2.96. The van der Waals surface area contributed by atoms with E-state index in [9.17, 15) is 5.11 Å². The number of nitrogens with zero attached hydrogens (tertiary/aromatic N) is 1. The molecule has 0 saturated carbocycles. The molecule has 1 aromatic carbocycles. The average molecular weight is 284 g/mol. The van der Waals surface area contributed by atoms with E-state index in [0.29, 0.717) is 24.0 Å². The summed E-state index contributed by atoms with van der Waals surface area (Å²) in [4.78, 5) is 4.47. The van der Waals surface area contributed by atoms with Crippen molar-refractivity contribution in [1.29, 1.82) is 0 Å². The topological polar surface area (TPSA) is 41.8 Å². The molecule has 0 radical (unpaired) electrons. The molecule has 0 bridgehead atoms. The van der Waals surface area contributed by atoms with Crippen molar-refractivity contribution in [2.24, 2.45) is 10.9 Å². The van der Waals surface area contributed by atoms with Crippen molar-refractivity contribution in [2.45, 2.75) is 19.9 Å². The molecule has 0 saturated heterocycles. The Morgan fingerprint density at radius 3 is 2.81 bits per heavy atom. The maximum absolute atomic E-state index is 9.79. The summed E-state index contributed by atoms with van der Waals surface area (Å²) in [6.45, 7) is 4.83. The van der Waals surface area contributed by atoms with Crippen LogP contribution in [-0.4, -0.2) is 23.7 Å². The smallest absolute Gasteiger partial charge is 0.220 e. The van der Waals surface area contributed by atoms with Crippen LogP contribution >= 0.6 is 15.9 Å². The number of phenolic OH excluding ortho intramolecular Hbond substituents is 1. The van der Waals surface area contributed by atoms with Gasteiger partial charge in [-0.05, 0) is 24.1 Å². The van der Waals surface area contributed by atoms with E-state index >= 15 is 0 Å². The zero-order valence-electron chi connectivity index (χ0n) is 9.27. The summed E-state index contributed by atoms with van der Waals surface area (Å²) < 4.78 is 6.35. The van der Waals surface area contributed by atoms with Gasteiger partial charge in [0.2, 0.25) is 5.90 Å². The van der Waals surface area contributed by atoms with E-state index in [1.807, 2.05) is 6.07 Å². The first-order valence-corrected chi connectivity index (χ1v) is 6.06. The number of aromatic hydroxyl groups is 1. The fraction of sp³-hybridized carbons (Fsp3) is 0.417. The van der Waals surface area contributed by atoms with Crippen LogP contribution in [0.3, 0.4) is 0 Å². The first kappa shape index (κ1) is 11.5. The van der Waals surface area contributed by atoms with Gasteiger partial charge in [-0.3, -0.25) is 0 Å². The second-order valence-corrected chi connectivity index (χ2v) is 5.13. The van der Waals surface area contributed by atoms with Gasteiger partial charge in [0.05, 0.1) is 11.6 Å². The largest absolute Gasteiger partial charge is 0.507 e. The molecule has 1 aliphatic rings. The Hall–Kier alpha value is -1.03. The van der Waals surface area contributed by atoms with Gasteiger partial charge in [0.25, 0.3) is 0 Å². The van der Waals surface area contributed by atoms with Gasteiger partial charge in [-0.2, -0.15) is 0 Å². The highest BCUT2D eigenvalue weighted by Crippen LogP contribution is 2.26. The van der Waals surface area contributed by atoms with Crippen LogP contribution in [0.25, 0.3) is 0 Å². The Labute approximate surface area is 103 Å². The molecule has 1 aliphatic heterocycles. The van der Waals surface area contributed by atoms with Crippen molar-refractivity contribution in [1.82, 2.24) is 0 Å². The summed E-state index contributed by atoms with van der Waals surface area (Å²) in [5.74, 6) is 1.19. The first-order valence-electron chi connectivity index (χ1n) is 5.27. The number of benzene rings is 1. The minimum Gasteiger partial charge on any atom is -0.507 e. The second-order valence-electron chi connectivity index (χ2n) is 4.22. The number of aliphatic imine (C=N–C) groups is 1. The minimum atomic E-state index is 0.192.